The molecule has 0 aromatic carbocycles. The lowest BCUT2D eigenvalue weighted by atomic mass is 9.54. The summed E-state index contributed by atoms with van der Waals surface area (Å²) in [5.41, 5.74) is 4.99. The van der Waals surface area contributed by atoms with Crippen molar-refractivity contribution in [3.05, 3.63) is 5.76 Å². The monoisotopic (exact) mass is 526 g/mol. The van der Waals surface area contributed by atoms with Crippen molar-refractivity contribution in [2.24, 2.45) is 34.8 Å². The third-order valence-corrected chi connectivity index (χ3v) is 9.77. The summed E-state index contributed by atoms with van der Waals surface area (Å²) < 4.78 is 11.6. The first-order chi connectivity index (χ1) is 16.5. The molecule has 0 unspecified atom stereocenters. The lowest BCUT2D eigenvalue weighted by Crippen LogP contribution is -2.55. The first-order valence-electron chi connectivity index (χ1n) is 13.1. The first kappa shape index (κ1) is 26.6. The van der Waals surface area contributed by atoms with Gasteiger partial charge in [0.1, 0.15) is 11.5 Å². The highest BCUT2D eigenvalue weighted by atomic mass is 35.5. The van der Waals surface area contributed by atoms with Crippen molar-refractivity contribution in [2.75, 3.05) is 25.4 Å². The smallest absolute Gasteiger partial charge is 0.291 e. The Bertz CT molecular complexity index is 878. The Morgan fingerprint density at radius 1 is 1.17 bits per heavy atom. The maximum Gasteiger partial charge on any atom is 0.291 e. The van der Waals surface area contributed by atoms with E-state index in [-0.39, 0.29) is 42.6 Å². The van der Waals surface area contributed by atoms with Crippen LogP contribution in [0, 0.1) is 29.1 Å². The molecular weight excluding hydrogens is 488 g/mol. The Kier molecular flexibility index (Phi) is 8.59. The van der Waals surface area contributed by atoms with E-state index in [4.69, 9.17) is 15.0 Å². The van der Waals surface area contributed by atoms with Crippen molar-refractivity contribution in [3.8, 4) is 5.88 Å². The number of halogens is 1. The molecule has 2 amide bonds. The molecule has 0 spiro atoms. The van der Waals surface area contributed by atoms with Crippen LogP contribution in [0.3, 0.4) is 0 Å². The second-order valence-corrected chi connectivity index (χ2v) is 12.0. The Hall–Kier alpha value is -1.45. The molecule has 1 aromatic heterocycles. The Balaban J connectivity index is 0.00000289. The molecule has 0 saturated heterocycles. The second-order valence-electron chi connectivity index (χ2n) is 10.9. The maximum absolute atomic E-state index is 13.3. The second kappa shape index (κ2) is 11.3. The number of carbonyl (C=O) groups is 2. The average molecular weight is 527 g/mol. The third-order valence-electron chi connectivity index (χ3n) is 8.51. The summed E-state index contributed by atoms with van der Waals surface area (Å²) in [6.07, 6.45) is 9.87. The Morgan fingerprint density at radius 2 is 1.86 bits per heavy atom. The molecule has 196 valence electrons. The molecule has 0 atom stereocenters. The molecule has 10 heteroatoms. The molecule has 1 heterocycles. The van der Waals surface area contributed by atoms with Crippen molar-refractivity contribution in [2.45, 2.75) is 75.6 Å². The lowest BCUT2D eigenvalue weighted by Gasteiger charge is -2.54. The summed E-state index contributed by atoms with van der Waals surface area (Å²) in [5.74, 6) is 4.11. The van der Waals surface area contributed by atoms with E-state index in [0.29, 0.717) is 35.7 Å². The van der Waals surface area contributed by atoms with Crippen molar-refractivity contribution >= 4 is 36.0 Å². The number of thioether (sulfide) groups is 1. The highest BCUT2D eigenvalue weighted by Gasteiger charge is 2.49. The topological polar surface area (TPSA) is 119 Å². The van der Waals surface area contributed by atoms with Gasteiger partial charge in [0.2, 0.25) is 11.7 Å². The van der Waals surface area contributed by atoms with Gasteiger partial charge in [0.15, 0.2) is 0 Å². The van der Waals surface area contributed by atoms with E-state index in [0.717, 1.165) is 43.3 Å². The lowest BCUT2D eigenvalue weighted by molar-refractivity contribution is -0.138. The van der Waals surface area contributed by atoms with Gasteiger partial charge in [-0.1, -0.05) is 13.3 Å². The fourth-order valence-corrected chi connectivity index (χ4v) is 7.72. The zero-order valence-electron chi connectivity index (χ0n) is 20.6. The van der Waals surface area contributed by atoms with Gasteiger partial charge in [0.05, 0.1) is 5.41 Å². The van der Waals surface area contributed by atoms with E-state index in [1.165, 1.54) is 43.9 Å². The van der Waals surface area contributed by atoms with Crippen LogP contribution in [0.25, 0.3) is 0 Å². The zero-order chi connectivity index (χ0) is 23.7. The van der Waals surface area contributed by atoms with E-state index in [1.807, 2.05) is 0 Å². The van der Waals surface area contributed by atoms with E-state index in [9.17, 15) is 9.59 Å². The van der Waals surface area contributed by atoms with Crippen LogP contribution in [0.4, 0.5) is 0 Å². The normalized spacial score (nSPS) is 29.7. The van der Waals surface area contributed by atoms with Gasteiger partial charge in [-0.25, -0.2) is 0 Å². The standard InChI is InChI=1S/C25H38N4O4S.ClH/c1-2-8-34-21-20(22(30)28-19-17-10-15-9-16(12-17)13-18(19)11-15)33-29-23(21)32-14-25(4-3-5-25)24(31)27-7-6-26;/h15-19H,2-14,26H2,1H3,(H,27,31)(H,28,30);1H. The van der Waals surface area contributed by atoms with Gasteiger partial charge < -0.3 is 25.6 Å². The average Bonchev–Trinajstić information content (AvgIpc) is 3.20. The van der Waals surface area contributed by atoms with Gasteiger partial charge in [-0.2, -0.15) is 0 Å². The van der Waals surface area contributed by atoms with Crippen LogP contribution in [-0.4, -0.2) is 48.5 Å². The molecule has 5 aliphatic rings. The van der Waals surface area contributed by atoms with Crippen LogP contribution in [0.15, 0.2) is 9.42 Å². The number of nitrogens with one attached hydrogen (secondary N) is 2. The number of aromatic nitrogens is 1. The van der Waals surface area contributed by atoms with Gasteiger partial charge in [0, 0.05) is 19.1 Å². The fraction of sp³-hybridized carbons (Fsp3) is 0.800. The molecule has 4 bridgehead atoms. The molecule has 4 N–H and O–H groups in total. The molecule has 8 nitrogen and oxygen atoms in total. The first-order valence-corrected chi connectivity index (χ1v) is 14.1. The Morgan fingerprint density at radius 3 is 2.43 bits per heavy atom. The SMILES string of the molecule is CCCSc1c(OCC2(C(=O)NCCN)CCC2)noc1C(=O)NC1C2CC3CC(C2)CC1C3.Cl. The summed E-state index contributed by atoms with van der Waals surface area (Å²) in [7, 11) is 0. The number of hydrogen-bond donors (Lipinski definition) is 3. The highest BCUT2D eigenvalue weighted by Crippen LogP contribution is 2.53. The van der Waals surface area contributed by atoms with Crippen molar-refractivity contribution in [1.29, 1.82) is 0 Å². The molecule has 5 fully saturated rings. The predicted molar refractivity (Wildman–Crippen MR) is 137 cm³/mol. The third kappa shape index (κ3) is 5.32. The van der Waals surface area contributed by atoms with E-state index >= 15 is 0 Å². The molecule has 35 heavy (non-hydrogen) atoms. The van der Waals surface area contributed by atoms with Crippen LogP contribution in [-0.2, 0) is 4.79 Å². The van der Waals surface area contributed by atoms with Gasteiger partial charge in [-0.3, -0.25) is 9.59 Å². The van der Waals surface area contributed by atoms with Gasteiger partial charge >= 0.3 is 0 Å². The largest absolute Gasteiger partial charge is 0.474 e. The van der Waals surface area contributed by atoms with E-state index < -0.39 is 5.41 Å². The Labute approximate surface area is 218 Å². The molecular formula is C25H39ClN4O4S. The van der Waals surface area contributed by atoms with Crippen molar-refractivity contribution in [1.82, 2.24) is 15.8 Å². The molecule has 6 rings (SSSR count). The number of nitrogens with two attached hydrogens (primary N) is 1. The minimum atomic E-state index is -0.552. The fourth-order valence-electron chi connectivity index (χ4n) is 6.83. The molecule has 1 aromatic rings. The summed E-state index contributed by atoms with van der Waals surface area (Å²) >= 11 is 1.54. The van der Waals surface area contributed by atoms with Crippen molar-refractivity contribution < 1.29 is 18.8 Å². The molecule has 0 aliphatic heterocycles. The van der Waals surface area contributed by atoms with Crippen LogP contribution < -0.4 is 21.1 Å². The van der Waals surface area contributed by atoms with Crippen LogP contribution in [0.5, 0.6) is 5.88 Å². The molecule has 5 aliphatic carbocycles. The minimum Gasteiger partial charge on any atom is -0.474 e. The maximum atomic E-state index is 13.3. The van der Waals surface area contributed by atoms with Crippen molar-refractivity contribution in [3.63, 3.8) is 0 Å². The summed E-state index contributed by atoms with van der Waals surface area (Å²) in [4.78, 5) is 26.7. The zero-order valence-corrected chi connectivity index (χ0v) is 22.2. The van der Waals surface area contributed by atoms with Gasteiger partial charge in [-0.05, 0) is 85.9 Å². The van der Waals surface area contributed by atoms with Crippen LogP contribution in [0.1, 0.15) is 75.3 Å². The van der Waals surface area contributed by atoms with Crippen LogP contribution in [0.2, 0.25) is 0 Å². The number of carbonyl (C=O) groups excluding carboxylic acids is 2. The summed E-state index contributed by atoms with van der Waals surface area (Å²) in [5, 5.41) is 10.4. The number of amides is 2. The van der Waals surface area contributed by atoms with Gasteiger partial charge in [-0.15, -0.1) is 24.2 Å². The molecule has 0 radical (unpaired) electrons. The number of ether oxygens (including phenoxy) is 1. The molecule has 5 saturated carbocycles. The quantitative estimate of drug-likeness (QED) is 0.375. The predicted octanol–water partition coefficient (Wildman–Crippen LogP) is 3.78. The van der Waals surface area contributed by atoms with Gasteiger partial charge in [0.25, 0.3) is 11.8 Å². The number of rotatable bonds is 11. The van der Waals surface area contributed by atoms with Crippen LogP contribution >= 0.6 is 24.2 Å². The summed E-state index contributed by atoms with van der Waals surface area (Å²) in [6.45, 7) is 3.19. The van der Waals surface area contributed by atoms with E-state index in [2.05, 4.69) is 22.7 Å². The number of hydrogen-bond acceptors (Lipinski definition) is 7. The highest BCUT2D eigenvalue weighted by molar-refractivity contribution is 7.99. The minimum absolute atomic E-state index is 0. The van der Waals surface area contributed by atoms with E-state index in [1.54, 1.807) is 0 Å². The summed E-state index contributed by atoms with van der Waals surface area (Å²) in [6, 6.07) is 0.239. The number of nitrogens with zero attached hydrogens (tertiary/aromatic N) is 1.